The zero-order valence-corrected chi connectivity index (χ0v) is 16.9. The lowest BCUT2D eigenvalue weighted by molar-refractivity contribution is -0.136. The first-order valence-electron chi connectivity index (χ1n) is 8.80. The molecule has 1 aromatic rings. The number of benzene rings is 1. The van der Waals surface area contributed by atoms with E-state index in [-0.39, 0.29) is 30.1 Å². The van der Waals surface area contributed by atoms with E-state index in [2.05, 4.69) is 5.32 Å². The second-order valence-electron chi connectivity index (χ2n) is 6.65. The van der Waals surface area contributed by atoms with Crippen molar-refractivity contribution in [3.63, 3.8) is 0 Å². The fourth-order valence-corrected chi connectivity index (χ4v) is 3.80. The van der Waals surface area contributed by atoms with E-state index in [1.54, 1.807) is 23.1 Å². The van der Waals surface area contributed by atoms with E-state index in [0.717, 1.165) is 45.4 Å². The normalized spacial score (nSPS) is 20.9. The molecule has 2 fully saturated rings. The average Bonchev–Trinajstić information content (AvgIpc) is 2.92. The molecule has 1 atom stereocenters. The van der Waals surface area contributed by atoms with Crippen LogP contribution < -0.4 is 5.32 Å². The summed E-state index contributed by atoms with van der Waals surface area (Å²) in [6.45, 7) is 4.48. The number of hydrogen-bond donors (Lipinski definition) is 1. The van der Waals surface area contributed by atoms with E-state index >= 15 is 0 Å². The minimum absolute atomic E-state index is 0. The van der Waals surface area contributed by atoms with Crippen LogP contribution in [0.2, 0.25) is 10.0 Å². The monoisotopic (exact) mass is 419 g/mol. The van der Waals surface area contributed by atoms with Crippen LogP contribution in [0.5, 0.6) is 0 Å². The Morgan fingerprint density at radius 2 is 1.77 bits per heavy atom. The van der Waals surface area contributed by atoms with Crippen LogP contribution in [0.4, 0.5) is 0 Å². The Bertz CT molecular complexity index is 649. The van der Waals surface area contributed by atoms with Gasteiger partial charge in [0.1, 0.15) is 0 Å². The SMILES string of the molecule is Cl.O=C(c1ccc(Cl)c(Cl)c1)N1CCCC(C(=O)N2CCCNCC2)C1. The first-order chi connectivity index (χ1) is 12.1. The third-order valence-electron chi connectivity index (χ3n) is 4.88. The van der Waals surface area contributed by atoms with Gasteiger partial charge in [-0.15, -0.1) is 12.4 Å². The van der Waals surface area contributed by atoms with Crippen molar-refractivity contribution in [2.24, 2.45) is 5.92 Å². The molecule has 2 aliphatic rings. The smallest absolute Gasteiger partial charge is 0.253 e. The summed E-state index contributed by atoms with van der Waals surface area (Å²) in [7, 11) is 0. The van der Waals surface area contributed by atoms with Crippen molar-refractivity contribution < 1.29 is 9.59 Å². The molecule has 2 aliphatic heterocycles. The van der Waals surface area contributed by atoms with Crippen LogP contribution in [-0.4, -0.2) is 60.9 Å². The highest BCUT2D eigenvalue weighted by molar-refractivity contribution is 6.42. The number of nitrogens with one attached hydrogen (secondary N) is 1. The van der Waals surface area contributed by atoms with Gasteiger partial charge in [0.25, 0.3) is 5.91 Å². The van der Waals surface area contributed by atoms with Crippen molar-refractivity contribution in [1.82, 2.24) is 15.1 Å². The molecule has 8 heteroatoms. The van der Waals surface area contributed by atoms with E-state index < -0.39 is 0 Å². The molecule has 1 unspecified atom stereocenters. The molecular weight excluding hydrogens is 397 g/mol. The maximum absolute atomic E-state index is 12.8. The third-order valence-corrected chi connectivity index (χ3v) is 5.62. The topological polar surface area (TPSA) is 52.7 Å². The van der Waals surface area contributed by atoms with Crippen molar-refractivity contribution in [3.8, 4) is 0 Å². The first kappa shape index (κ1) is 21.3. The van der Waals surface area contributed by atoms with Gasteiger partial charge in [-0.05, 0) is 44.0 Å². The van der Waals surface area contributed by atoms with Gasteiger partial charge >= 0.3 is 0 Å². The number of amides is 2. The van der Waals surface area contributed by atoms with E-state index in [4.69, 9.17) is 23.2 Å². The molecule has 2 saturated heterocycles. The highest BCUT2D eigenvalue weighted by atomic mass is 35.5. The summed E-state index contributed by atoms with van der Waals surface area (Å²) in [5.41, 5.74) is 0.515. The van der Waals surface area contributed by atoms with Crippen LogP contribution in [0.25, 0.3) is 0 Å². The summed E-state index contributed by atoms with van der Waals surface area (Å²) < 4.78 is 0. The lowest BCUT2D eigenvalue weighted by Gasteiger charge is -2.34. The van der Waals surface area contributed by atoms with Crippen LogP contribution in [0.3, 0.4) is 0 Å². The summed E-state index contributed by atoms with van der Waals surface area (Å²) in [5, 5.41) is 4.11. The Morgan fingerprint density at radius 3 is 2.54 bits per heavy atom. The van der Waals surface area contributed by atoms with E-state index in [9.17, 15) is 9.59 Å². The predicted molar refractivity (Wildman–Crippen MR) is 106 cm³/mol. The van der Waals surface area contributed by atoms with Gasteiger partial charge < -0.3 is 15.1 Å². The molecule has 26 heavy (non-hydrogen) atoms. The average molecular weight is 421 g/mol. The van der Waals surface area contributed by atoms with Crippen LogP contribution in [-0.2, 0) is 4.79 Å². The lowest BCUT2D eigenvalue weighted by atomic mass is 9.95. The van der Waals surface area contributed by atoms with Gasteiger partial charge in [-0.3, -0.25) is 9.59 Å². The van der Waals surface area contributed by atoms with Crippen LogP contribution in [0.1, 0.15) is 29.6 Å². The largest absolute Gasteiger partial charge is 0.341 e. The third kappa shape index (κ3) is 5.03. The number of hydrogen-bond acceptors (Lipinski definition) is 3. The maximum Gasteiger partial charge on any atom is 0.253 e. The number of nitrogens with zero attached hydrogens (tertiary/aromatic N) is 2. The van der Waals surface area contributed by atoms with Gasteiger partial charge in [0.2, 0.25) is 5.91 Å². The number of likely N-dealkylation sites (tertiary alicyclic amines) is 1. The van der Waals surface area contributed by atoms with Gasteiger partial charge in [0, 0.05) is 38.3 Å². The maximum atomic E-state index is 12.8. The quantitative estimate of drug-likeness (QED) is 0.800. The zero-order valence-electron chi connectivity index (χ0n) is 14.5. The molecule has 1 aromatic carbocycles. The fraction of sp³-hybridized carbons (Fsp3) is 0.556. The van der Waals surface area contributed by atoms with Gasteiger partial charge in [0.15, 0.2) is 0 Å². The summed E-state index contributed by atoms with van der Waals surface area (Å²) in [4.78, 5) is 29.3. The molecule has 0 aliphatic carbocycles. The minimum atomic E-state index is -0.112. The number of piperidine rings is 1. The number of carbonyl (C=O) groups excluding carboxylic acids is 2. The van der Waals surface area contributed by atoms with Crippen molar-refractivity contribution in [1.29, 1.82) is 0 Å². The summed E-state index contributed by atoms with van der Waals surface area (Å²) in [6.07, 6.45) is 2.66. The Labute approximate surface area is 170 Å². The molecule has 144 valence electrons. The van der Waals surface area contributed by atoms with Crippen molar-refractivity contribution in [3.05, 3.63) is 33.8 Å². The first-order valence-corrected chi connectivity index (χ1v) is 9.55. The van der Waals surface area contributed by atoms with Crippen molar-refractivity contribution in [2.45, 2.75) is 19.3 Å². The van der Waals surface area contributed by atoms with Gasteiger partial charge in [0.05, 0.1) is 16.0 Å². The second-order valence-corrected chi connectivity index (χ2v) is 7.46. The Morgan fingerprint density at radius 1 is 1.00 bits per heavy atom. The molecule has 2 amide bonds. The van der Waals surface area contributed by atoms with Crippen molar-refractivity contribution >= 4 is 47.4 Å². The number of carbonyl (C=O) groups is 2. The predicted octanol–water partition coefficient (Wildman–Crippen LogP) is 3.09. The van der Waals surface area contributed by atoms with E-state index in [1.807, 2.05) is 4.90 Å². The molecule has 0 aromatic heterocycles. The molecule has 1 N–H and O–H groups in total. The molecular formula is C18H24Cl3N3O2. The van der Waals surface area contributed by atoms with Gasteiger partial charge in [-0.25, -0.2) is 0 Å². The second kappa shape index (κ2) is 9.79. The molecule has 5 nitrogen and oxygen atoms in total. The van der Waals surface area contributed by atoms with Gasteiger partial charge in [-0.1, -0.05) is 23.2 Å². The molecule has 0 saturated carbocycles. The Hall–Kier alpha value is -1.01. The number of halogens is 3. The van der Waals surface area contributed by atoms with Crippen LogP contribution >= 0.6 is 35.6 Å². The van der Waals surface area contributed by atoms with E-state index in [1.165, 1.54) is 0 Å². The summed E-state index contributed by atoms with van der Waals surface area (Å²) in [5.74, 6) is -0.0255. The lowest BCUT2D eigenvalue weighted by Crippen LogP contribution is -2.47. The van der Waals surface area contributed by atoms with Crippen LogP contribution in [0.15, 0.2) is 18.2 Å². The van der Waals surface area contributed by atoms with Crippen LogP contribution in [0, 0.1) is 5.92 Å². The molecule has 2 heterocycles. The molecule has 0 bridgehead atoms. The zero-order chi connectivity index (χ0) is 17.8. The highest BCUT2D eigenvalue weighted by Crippen LogP contribution is 2.25. The summed E-state index contributed by atoms with van der Waals surface area (Å²) >= 11 is 11.9. The minimum Gasteiger partial charge on any atom is -0.341 e. The molecule has 0 spiro atoms. The Kier molecular flexibility index (Phi) is 8.02. The Balaban J connectivity index is 0.00000243. The fourth-order valence-electron chi connectivity index (χ4n) is 3.50. The van der Waals surface area contributed by atoms with Crippen molar-refractivity contribution in [2.75, 3.05) is 39.3 Å². The summed E-state index contributed by atoms with van der Waals surface area (Å²) in [6, 6.07) is 4.91. The number of rotatable bonds is 2. The highest BCUT2D eigenvalue weighted by Gasteiger charge is 2.31. The standard InChI is InChI=1S/C18H23Cl2N3O2.ClH/c19-15-5-4-13(11-16(15)20)17(24)23-8-1-3-14(12-23)18(25)22-9-2-6-21-7-10-22;/h4-5,11,14,21H,1-3,6-10,12H2;1H. The molecule has 3 rings (SSSR count). The van der Waals surface area contributed by atoms with Gasteiger partial charge in [-0.2, -0.15) is 0 Å². The molecule has 0 radical (unpaired) electrons. The van der Waals surface area contributed by atoms with E-state index in [0.29, 0.717) is 28.7 Å².